The highest BCUT2D eigenvalue weighted by molar-refractivity contribution is 7.14. The van der Waals surface area contributed by atoms with Crippen molar-refractivity contribution >= 4 is 34.1 Å². The van der Waals surface area contributed by atoms with E-state index in [9.17, 15) is 4.79 Å². The lowest BCUT2D eigenvalue weighted by Gasteiger charge is -2.33. The highest BCUT2D eigenvalue weighted by Crippen LogP contribution is 2.29. The molecule has 6 heteroatoms. The average molecular weight is 461 g/mol. The molecule has 1 saturated heterocycles. The lowest BCUT2D eigenvalue weighted by atomic mass is 10.1. The minimum absolute atomic E-state index is 0.0164. The van der Waals surface area contributed by atoms with E-state index in [0.29, 0.717) is 0 Å². The summed E-state index contributed by atoms with van der Waals surface area (Å²) in [6, 6.07) is 18.6. The molecular formula is C27H32N4OS. The van der Waals surface area contributed by atoms with Crippen LogP contribution in [-0.4, -0.2) is 53.4 Å². The number of carbonyl (C=O) groups excluding carboxylic acids is 1. The Balaban J connectivity index is 1.30. The van der Waals surface area contributed by atoms with Crippen LogP contribution in [0.25, 0.3) is 6.08 Å². The molecular weight excluding hydrogens is 428 g/mol. The molecule has 0 aliphatic carbocycles. The zero-order valence-corrected chi connectivity index (χ0v) is 20.3. The second kappa shape index (κ2) is 11.4. The van der Waals surface area contributed by atoms with E-state index in [2.05, 4.69) is 70.7 Å². The van der Waals surface area contributed by atoms with Gasteiger partial charge < -0.3 is 0 Å². The monoisotopic (exact) mass is 460 g/mol. The lowest BCUT2D eigenvalue weighted by Crippen LogP contribution is -2.45. The van der Waals surface area contributed by atoms with E-state index in [1.54, 1.807) is 11.8 Å². The Kier molecular flexibility index (Phi) is 8.05. The van der Waals surface area contributed by atoms with Crippen molar-refractivity contribution < 1.29 is 4.79 Å². The topological polar surface area (TPSA) is 39.7 Å². The molecule has 172 valence electrons. The Morgan fingerprint density at radius 2 is 1.73 bits per heavy atom. The molecule has 1 aliphatic heterocycles. The molecule has 5 nitrogen and oxygen atoms in total. The number of hydrogen-bond acceptors (Lipinski definition) is 5. The SMILES string of the molecule is CCc1ccc(N(C(C)=O)c2nc(CN3CCN(CC=Cc4ccccc4)CC3)cs2)cc1. The van der Waals surface area contributed by atoms with Gasteiger partial charge in [0.1, 0.15) is 0 Å². The molecule has 2 aromatic carbocycles. The van der Waals surface area contributed by atoms with Crippen molar-refractivity contribution in [3.05, 3.63) is 82.9 Å². The van der Waals surface area contributed by atoms with Crippen LogP contribution in [0.2, 0.25) is 0 Å². The summed E-state index contributed by atoms with van der Waals surface area (Å²) in [7, 11) is 0. The van der Waals surface area contributed by atoms with E-state index in [1.165, 1.54) is 22.5 Å². The van der Waals surface area contributed by atoms with Gasteiger partial charge in [-0.05, 0) is 29.7 Å². The van der Waals surface area contributed by atoms with E-state index in [1.807, 2.05) is 18.2 Å². The van der Waals surface area contributed by atoms with Gasteiger partial charge in [0.05, 0.1) is 11.4 Å². The summed E-state index contributed by atoms with van der Waals surface area (Å²) in [5.74, 6) is -0.0164. The predicted octanol–water partition coefficient (Wildman–Crippen LogP) is 5.22. The van der Waals surface area contributed by atoms with Crippen molar-refractivity contribution in [2.75, 3.05) is 37.6 Å². The largest absolute Gasteiger partial charge is 0.297 e. The van der Waals surface area contributed by atoms with Crippen molar-refractivity contribution in [1.82, 2.24) is 14.8 Å². The first-order valence-corrected chi connectivity index (χ1v) is 12.5. The summed E-state index contributed by atoms with van der Waals surface area (Å²) in [5, 5.41) is 2.83. The zero-order chi connectivity index (χ0) is 23.0. The van der Waals surface area contributed by atoms with Gasteiger partial charge in [0.2, 0.25) is 5.91 Å². The second-order valence-electron chi connectivity index (χ2n) is 8.39. The van der Waals surface area contributed by atoms with Crippen molar-refractivity contribution in [3.8, 4) is 0 Å². The summed E-state index contributed by atoms with van der Waals surface area (Å²) in [6.07, 6.45) is 5.43. The highest BCUT2D eigenvalue weighted by Gasteiger charge is 2.20. The van der Waals surface area contributed by atoms with Crippen LogP contribution in [0.4, 0.5) is 10.8 Å². The molecule has 0 radical (unpaired) electrons. The van der Waals surface area contributed by atoms with Gasteiger partial charge in [0.25, 0.3) is 0 Å². The fourth-order valence-electron chi connectivity index (χ4n) is 4.04. The second-order valence-corrected chi connectivity index (χ2v) is 9.22. The number of anilines is 2. The Labute approximate surface area is 201 Å². The first-order chi connectivity index (χ1) is 16.1. The van der Waals surface area contributed by atoms with Gasteiger partial charge in [0.15, 0.2) is 5.13 Å². The van der Waals surface area contributed by atoms with Crippen LogP contribution in [-0.2, 0) is 17.8 Å². The van der Waals surface area contributed by atoms with Crippen molar-refractivity contribution in [3.63, 3.8) is 0 Å². The smallest absolute Gasteiger partial charge is 0.230 e. The molecule has 1 aromatic heterocycles. The molecule has 1 fully saturated rings. The number of benzene rings is 2. The Morgan fingerprint density at radius 1 is 1.03 bits per heavy atom. The van der Waals surface area contributed by atoms with Crippen molar-refractivity contribution in [1.29, 1.82) is 0 Å². The van der Waals surface area contributed by atoms with Gasteiger partial charge in [0, 0.05) is 51.6 Å². The first kappa shape index (κ1) is 23.4. The molecule has 33 heavy (non-hydrogen) atoms. The summed E-state index contributed by atoms with van der Waals surface area (Å²) < 4.78 is 0. The molecule has 1 aliphatic rings. The molecule has 0 saturated carbocycles. The molecule has 1 amide bonds. The lowest BCUT2D eigenvalue weighted by molar-refractivity contribution is -0.115. The van der Waals surface area contributed by atoms with Gasteiger partial charge >= 0.3 is 0 Å². The fourth-order valence-corrected chi connectivity index (χ4v) is 4.92. The number of nitrogens with zero attached hydrogens (tertiary/aromatic N) is 4. The predicted molar refractivity (Wildman–Crippen MR) is 138 cm³/mol. The normalized spacial score (nSPS) is 15.2. The number of aryl methyl sites for hydroxylation is 1. The molecule has 0 spiro atoms. The van der Waals surface area contributed by atoms with Crippen LogP contribution in [0.3, 0.4) is 0 Å². The van der Waals surface area contributed by atoms with E-state index in [4.69, 9.17) is 4.98 Å². The maximum absolute atomic E-state index is 12.4. The third-order valence-corrected chi connectivity index (χ3v) is 6.85. The molecule has 3 aromatic rings. The van der Waals surface area contributed by atoms with E-state index < -0.39 is 0 Å². The molecule has 2 heterocycles. The number of thiazole rings is 1. The van der Waals surface area contributed by atoms with E-state index >= 15 is 0 Å². The molecule has 4 rings (SSSR count). The van der Waals surface area contributed by atoms with Gasteiger partial charge in [-0.15, -0.1) is 11.3 Å². The van der Waals surface area contributed by atoms with Crippen LogP contribution in [0, 0.1) is 0 Å². The quantitative estimate of drug-likeness (QED) is 0.462. The van der Waals surface area contributed by atoms with Crippen molar-refractivity contribution in [2.45, 2.75) is 26.8 Å². The number of carbonyl (C=O) groups is 1. The van der Waals surface area contributed by atoms with Crippen LogP contribution >= 0.6 is 11.3 Å². The van der Waals surface area contributed by atoms with Crippen LogP contribution in [0.15, 0.2) is 66.1 Å². The summed E-state index contributed by atoms with van der Waals surface area (Å²) in [5.41, 5.74) is 4.41. The van der Waals surface area contributed by atoms with Gasteiger partial charge in [-0.25, -0.2) is 4.98 Å². The molecule has 0 unspecified atom stereocenters. The standard InChI is InChI=1S/C27H32N4OS/c1-3-23-11-13-26(14-12-23)31(22(2)32)27-28-25(21-33-27)20-30-18-16-29(17-19-30)15-7-10-24-8-5-4-6-9-24/h4-14,21H,3,15-20H2,1-2H3. The van der Waals surface area contributed by atoms with Gasteiger partial charge in [-0.3, -0.25) is 19.5 Å². The average Bonchev–Trinajstić information content (AvgIpc) is 3.29. The highest BCUT2D eigenvalue weighted by atomic mass is 32.1. The summed E-state index contributed by atoms with van der Waals surface area (Å²) >= 11 is 1.54. The van der Waals surface area contributed by atoms with Crippen LogP contribution < -0.4 is 4.90 Å². The number of piperazine rings is 1. The fraction of sp³-hybridized carbons (Fsp3) is 0.333. The first-order valence-electron chi connectivity index (χ1n) is 11.6. The maximum Gasteiger partial charge on any atom is 0.230 e. The Hall–Kier alpha value is -2.80. The number of rotatable bonds is 8. The number of amides is 1. The minimum atomic E-state index is -0.0164. The van der Waals surface area contributed by atoms with Crippen molar-refractivity contribution in [2.24, 2.45) is 0 Å². The number of aromatic nitrogens is 1. The van der Waals surface area contributed by atoms with Crippen LogP contribution in [0.1, 0.15) is 30.7 Å². The third-order valence-electron chi connectivity index (χ3n) is 5.97. The zero-order valence-electron chi connectivity index (χ0n) is 19.5. The summed E-state index contributed by atoms with van der Waals surface area (Å²) in [6.45, 7) is 9.70. The minimum Gasteiger partial charge on any atom is -0.297 e. The van der Waals surface area contributed by atoms with Gasteiger partial charge in [-0.2, -0.15) is 0 Å². The van der Waals surface area contributed by atoms with Gasteiger partial charge in [-0.1, -0.05) is 61.5 Å². The van der Waals surface area contributed by atoms with Crippen LogP contribution in [0.5, 0.6) is 0 Å². The Bertz CT molecular complexity index is 1050. The van der Waals surface area contributed by atoms with E-state index in [-0.39, 0.29) is 5.91 Å². The Morgan fingerprint density at radius 3 is 2.39 bits per heavy atom. The number of hydrogen-bond donors (Lipinski definition) is 0. The maximum atomic E-state index is 12.4. The molecule has 0 bridgehead atoms. The summed E-state index contributed by atoms with van der Waals surface area (Å²) in [4.78, 5) is 23.8. The molecule has 0 N–H and O–H groups in total. The van der Waals surface area contributed by atoms with E-state index in [0.717, 1.165) is 62.2 Å². The third kappa shape index (κ3) is 6.38. The molecule has 0 atom stereocenters.